The van der Waals surface area contributed by atoms with Crippen molar-refractivity contribution in [1.82, 2.24) is 15.0 Å². The summed E-state index contributed by atoms with van der Waals surface area (Å²) < 4.78 is 0.776. The monoisotopic (exact) mass is 452 g/mol. The Morgan fingerprint density at radius 2 is 2.29 bits per heavy atom. The van der Waals surface area contributed by atoms with Crippen LogP contribution in [-0.4, -0.2) is 51.2 Å². The second-order valence-corrected chi connectivity index (χ2v) is 8.31. The lowest BCUT2D eigenvalue weighted by Crippen LogP contribution is -2.53. The van der Waals surface area contributed by atoms with Crippen LogP contribution in [-0.2, 0) is 4.79 Å². The molecule has 2 aromatic heterocycles. The van der Waals surface area contributed by atoms with E-state index in [4.69, 9.17) is 5.84 Å². The molecular weight excluding hydrogens is 428 g/mol. The number of nitrogens with zero attached hydrogens (tertiary/aromatic N) is 3. The van der Waals surface area contributed by atoms with Gasteiger partial charge in [0.1, 0.15) is 5.65 Å². The number of carbonyl (C=O) groups is 2. The summed E-state index contributed by atoms with van der Waals surface area (Å²) in [5.74, 6) is 5.92. The lowest BCUT2D eigenvalue weighted by atomic mass is 10.0. The summed E-state index contributed by atoms with van der Waals surface area (Å²) in [5.41, 5.74) is 2.19. The number of aromatic nitrogens is 2. The smallest absolute Gasteiger partial charge is 0.421 e. The van der Waals surface area contributed by atoms with Crippen LogP contribution in [0, 0.1) is 5.92 Å². The molecule has 0 aromatic carbocycles. The number of piperidine rings is 1. The maximum Gasteiger partial charge on any atom is 0.421 e. The van der Waals surface area contributed by atoms with Gasteiger partial charge in [0.05, 0.1) is 27.3 Å². The van der Waals surface area contributed by atoms with E-state index in [1.54, 1.807) is 12.4 Å². The Hall–Kier alpha value is -2.33. The number of halogens is 1. The molecule has 1 saturated heterocycles. The van der Waals surface area contributed by atoms with E-state index in [0.717, 1.165) is 33.5 Å². The predicted octanol–water partition coefficient (Wildman–Crippen LogP) is 3.13. The number of carboxylic acid groups (broad SMARTS) is 1. The van der Waals surface area contributed by atoms with Gasteiger partial charge in [0.2, 0.25) is 5.91 Å². The number of nitrogens with one attached hydrogen (secondary N) is 2. The van der Waals surface area contributed by atoms with Gasteiger partial charge < -0.3 is 20.3 Å². The third kappa shape index (κ3) is 4.22. The largest absolute Gasteiger partial charge is 0.464 e. The lowest BCUT2D eigenvalue weighted by Gasteiger charge is -2.38. The zero-order valence-electron chi connectivity index (χ0n) is 15.9. The zero-order chi connectivity index (χ0) is 20.4. The molecule has 9 nitrogen and oxygen atoms in total. The maximum atomic E-state index is 12.3. The number of anilines is 2. The molecule has 28 heavy (non-hydrogen) atoms. The molecule has 152 valence electrons. The molecule has 1 aliphatic heterocycles. The van der Waals surface area contributed by atoms with Crippen LogP contribution >= 0.6 is 15.9 Å². The van der Waals surface area contributed by atoms with Gasteiger partial charge in [0, 0.05) is 31.9 Å². The van der Waals surface area contributed by atoms with Gasteiger partial charge in [0.15, 0.2) is 0 Å². The first-order chi connectivity index (χ1) is 13.3. The van der Waals surface area contributed by atoms with Crippen LogP contribution in [0.5, 0.6) is 0 Å². The summed E-state index contributed by atoms with van der Waals surface area (Å²) in [5, 5.41) is 13.9. The molecule has 1 fully saturated rings. The van der Waals surface area contributed by atoms with Gasteiger partial charge in [-0.05, 0) is 34.7 Å². The Morgan fingerprint density at radius 3 is 2.96 bits per heavy atom. The van der Waals surface area contributed by atoms with Crippen LogP contribution in [0.25, 0.3) is 11.0 Å². The molecule has 2 aromatic rings. The fraction of sp³-hybridized carbons (Fsp3) is 0.500. The van der Waals surface area contributed by atoms with Gasteiger partial charge in [-0.15, -0.1) is 0 Å². The minimum Gasteiger partial charge on any atom is -0.464 e. The summed E-state index contributed by atoms with van der Waals surface area (Å²) in [7, 11) is 0. The molecular formula is C18H25BrN6O3. The molecule has 3 heterocycles. The first-order valence-electron chi connectivity index (χ1n) is 9.25. The molecule has 3 rings (SSSR count). The summed E-state index contributed by atoms with van der Waals surface area (Å²) in [6.45, 7) is 5.21. The quantitative estimate of drug-likeness (QED) is 0.313. The van der Waals surface area contributed by atoms with Crippen LogP contribution in [0.3, 0.4) is 0 Å². The fourth-order valence-electron chi connectivity index (χ4n) is 3.58. The van der Waals surface area contributed by atoms with Gasteiger partial charge in [-0.3, -0.25) is 4.79 Å². The normalized spacial score (nSPS) is 17.2. The Bertz CT molecular complexity index is 884. The number of rotatable bonds is 5. The number of hydrazine groups is 1. The van der Waals surface area contributed by atoms with Crippen LogP contribution in [0.15, 0.2) is 16.9 Å². The Kier molecular flexibility index (Phi) is 6.09. The number of pyridine rings is 1. The van der Waals surface area contributed by atoms with Crippen LogP contribution < -0.4 is 16.1 Å². The third-order valence-electron chi connectivity index (χ3n) is 4.82. The number of H-pyrrole nitrogens is 1. The molecule has 0 aliphatic carbocycles. The molecule has 2 amide bonds. The van der Waals surface area contributed by atoms with Gasteiger partial charge in [0.25, 0.3) is 0 Å². The highest BCUT2D eigenvalue weighted by Gasteiger charge is 2.29. The number of hydrogen-bond donors (Lipinski definition) is 4. The van der Waals surface area contributed by atoms with Crippen LogP contribution in [0.4, 0.5) is 16.2 Å². The van der Waals surface area contributed by atoms with E-state index < -0.39 is 6.09 Å². The first-order valence-corrected chi connectivity index (χ1v) is 10.0. The van der Waals surface area contributed by atoms with Crippen molar-refractivity contribution in [3.05, 3.63) is 16.9 Å². The van der Waals surface area contributed by atoms with E-state index >= 15 is 0 Å². The molecule has 1 aliphatic rings. The van der Waals surface area contributed by atoms with Gasteiger partial charge in [-0.1, -0.05) is 13.8 Å². The third-order valence-corrected chi connectivity index (χ3v) is 5.40. The van der Waals surface area contributed by atoms with Crippen molar-refractivity contribution >= 4 is 50.3 Å². The van der Waals surface area contributed by atoms with Gasteiger partial charge >= 0.3 is 6.09 Å². The fourth-order valence-corrected chi connectivity index (χ4v) is 4.13. The minimum atomic E-state index is -1.14. The maximum absolute atomic E-state index is 12.3. The van der Waals surface area contributed by atoms with E-state index in [0.29, 0.717) is 30.7 Å². The molecule has 5 N–H and O–H groups in total. The van der Waals surface area contributed by atoms with E-state index in [2.05, 4.69) is 36.1 Å². The Balaban J connectivity index is 1.96. The van der Waals surface area contributed by atoms with E-state index in [1.165, 1.54) is 0 Å². The lowest BCUT2D eigenvalue weighted by molar-refractivity contribution is -0.116. The highest BCUT2D eigenvalue weighted by atomic mass is 79.9. The number of hydrogen-bond acceptors (Lipinski definition) is 5. The molecule has 10 heteroatoms. The minimum absolute atomic E-state index is 0.0580. The number of fused-ring (bicyclic) bond motifs is 1. The standard InChI is InChI=1S/C18H25BrN6O3/c1-10(2)6-14(26)23-13-8-22-17-15(13)16(12(19)7-21-17)24-5-3-4-11(9-24)25(20)18(27)28/h7-8,10-11H,3-6,9,20H2,1-2H3,(H,21,22)(H,23,26)(H,27,28)/t11-/m1/s1. The molecule has 0 spiro atoms. The highest BCUT2D eigenvalue weighted by molar-refractivity contribution is 9.10. The van der Waals surface area contributed by atoms with E-state index in [-0.39, 0.29) is 17.9 Å². The van der Waals surface area contributed by atoms with Crippen molar-refractivity contribution in [3.63, 3.8) is 0 Å². The average Bonchev–Trinajstić information content (AvgIpc) is 3.03. The SMILES string of the molecule is CC(C)CC(=O)Nc1c[nH]c2ncc(Br)c(N3CCC[C@@H](N(N)C(=O)O)C3)c12. The summed E-state index contributed by atoms with van der Waals surface area (Å²) in [6, 6.07) is -0.306. The van der Waals surface area contributed by atoms with Crippen molar-refractivity contribution in [1.29, 1.82) is 0 Å². The number of carbonyl (C=O) groups excluding carboxylic acids is 1. The molecule has 1 atom stereocenters. The number of amides is 2. The number of nitrogens with two attached hydrogens (primary N) is 1. The summed E-state index contributed by atoms with van der Waals surface area (Å²) >= 11 is 3.57. The van der Waals surface area contributed by atoms with Gasteiger partial charge in [-0.25, -0.2) is 20.6 Å². The zero-order valence-corrected chi connectivity index (χ0v) is 17.5. The topological polar surface area (TPSA) is 128 Å². The predicted molar refractivity (Wildman–Crippen MR) is 111 cm³/mol. The summed E-state index contributed by atoms with van der Waals surface area (Å²) in [6.07, 6.45) is 4.23. The van der Waals surface area contributed by atoms with E-state index in [9.17, 15) is 14.7 Å². The average molecular weight is 453 g/mol. The number of aromatic amines is 1. The molecule has 0 saturated carbocycles. The van der Waals surface area contributed by atoms with Crippen LogP contribution in [0.1, 0.15) is 33.1 Å². The Morgan fingerprint density at radius 1 is 1.54 bits per heavy atom. The molecule has 0 unspecified atom stereocenters. The van der Waals surface area contributed by atoms with Crippen molar-refractivity contribution in [2.24, 2.45) is 11.8 Å². The first kappa shape index (κ1) is 20.4. The van der Waals surface area contributed by atoms with E-state index in [1.807, 2.05) is 13.8 Å². The second kappa shape index (κ2) is 8.36. The highest BCUT2D eigenvalue weighted by Crippen LogP contribution is 2.39. The molecule has 0 bridgehead atoms. The Labute approximate surface area is 171 Å². The van der Waals surface area contributed by atoms with Crippen LogP contribution in [0.2, 0.25) is 0 Å². The van der Waals surface area contributed by atoms with Crippen molar-refractivity contribution in [3.8, 4) is 0 Å². The van der Waals surface area contributed by atoms with Crippen molar-refractivity contribution < 1.29 is 14.7 Å². The van der Waals surface area contributed by atoms with Gasteiger partial charge in [-0.2, -0.15) is 0 Å². The van der Waals surface area contributed by atoms with Crippen molar-refractivity contribution in [2.75, 3.05) is 23.3 Å². The molecule has 0 radical (unpaired) electrons. The second-order valence-electron chi connectivity index (χ2n) is 7.46. The van der Waals surface area contributed by atoms with Crippen molar-refractivity contribution in [2.45, 2.75) is 39.2 Å². The summed E-state index contributed by atoms with van der Waals surface area (Å²) in [4.78, 5) is 33.1.